The summed E-state index contributed by atoms with van der Waals surface area (Å²) < 4.78 is 6.66. The molecule has 4 heterocycles. The minimum atomic E-state index is -0.0237. The maximum absolute atomic E-state index is 12.9. The molecule has 1 amide bonds. The van der Waals surface area contributed by atoms with Gasteiger partial charge in [-0.25, -0.2) is 9.50 Å². The normalized spacial score (nSPS) is 17.5. The highest BCUT2D eigenvalue weighted by atomic mass is 16.5. The Balaban J connectivity index is 1.45. The van der Waals surface area contributed by atoms with Gasteiger partial charge >= 0.3 is 0 Å². The van der Waals surface area contributed by atoms with Gasteiger partial charge in [0.05, 0.1) is 12.7 Å². The molecule has 0 bridgehead atoms. The van der Waals surface area contributed by atoms with E-state index >= 15 is 0 Å². The molecule has 0 N–H and O–H groups in total. The van der Waals surface area contributed by atoms with Crippen LogP contribution in [-0.4, -0.2) is 66.6 Å². The number of aromatic nitrogens is 5. The minimum absolute atomic E-state index is 0.0237. The van der Waals surface area contributed by atoms with Crippen molar-refractivity contribution in [3.63, 3.8) is 0 Å². The molecule has 0 saturated carbocycles. The van der Waals surface area contributed by atoms with Crippen molar-refractivity contribution in [2.45, 2.75) is 32.9 Å². The van der Waals surface area contributed by atoms with Gasteiger partial charge in [-0.3, -0.25) is 9.69 Å². The maximum Gasteiger partial charge on any atom is 0.259 e. The van der Waals surface area contributed by atoms with Gasteiger partial charge in [0.25, 0.3) is 5.91 Å². The average molecular weight is 355 g/mol. The average Bonchev–Trinajstić information content (AvgIpc) is 3.33. The van der Waals surface area contributed by atoms with Crippen LogP contribution in [0.5, 0.6) is 0 Å². The SMILES string of the molecule is Cc1ccn2ncc(C(=O)N3CCC(N(C)Cc4noc(C)n4)C3)c2n1. The highest BCUT2D eigenvalue weighted by Gasteiger charge is 2.31. The summed E-state index contributed by atoms with van der Waals surface area (Å²) in [4.78, 5) is 25.7. The summed E-state index contributed by atoms with van der Waals surface area (Å²) in [5.74, 6) is 1.20. The Hall–Kier alpha value is -2.81. The molecule has 136 valence electrons. The van der Waals surface area contributed by atoms with E-state index in [-0.39, 0.29) is 11.9 Å². The maximum atomic E-state index is 12.9. The number of hydrogen-bond donors (Lipinski definition) is 0. The molecular formula is C17H21N7O2. The summed E-state index contributed by atoms with van der Waals surface area (Å²) in [6, 6.07) is 2.13. The second kappa shape index (κ2) is 6.49. The number of aryl methyl sites for hydroxylation is 2. The summed E-state index contributed by atoms with van der Waals surface area (Å²) >= 11 is 0. The lowest BCUT2D eigenvalue weighted by atomic mass is 10.2. The van der Waals surface area contributed by atoms with Gasteiger partial charge in [0, 0.05) is 37.9 Å². The molecule has 3 aromatic heterocycles. The zero-order valence-electron chi connectivity index (χ0n) is 15.1. The first-order valence-corrected chi connectivity index (χ1v) is 8.61. The van der Waals surface area contributed by atoms with Crippen LogP contribution in [0.25, 0.3) is 5.65 Å². The molecule has 1 fully saturated rings. The molecule has 0 spiro atoms. The summed E-state index contributed by atoms with van der Waals surface area (Å²) in [7, 11) is 2.02. The molecule has 3 aromatic rings. The topological polar surface area (TPSA) is 92.7 Å². The van der Waals surface area contributed by atoms with Crippen LogP contribution in [0.3, 0.4) is 0 Å². The van der Waals surface area contributed by atoms with E-state index in [1.807, 2.05) is 31.1 Å². The number of hydrogen-bond acceptors (Lipinski definition) is 7. The van der Waals surface area contributed by atoms with Crippen LogP contribution in [0.4, 0.5) is 0 Å². The summed E-state index contributed by atoms with van der Waals surface area (Å²) in [6.45, 7) is 5.65. The first kappa shape index (κ1) is 16.6. The molecule has 9 heteroatoms. The van der Waals surface area contributed by atoms with Crippen molar-refractivity contribution in [1.29, 1.82) is 0 Å². The third-order valence-corrected chi connectivity index (χ3v) is 4.77. The summed E-state index contributed by atoms with van der Waals surface area (Å²) in [5.41, 5.74) is 2.02. The smallest absolute Gasteiger partial charge is 0.259 e. The zero-order chi connectivity index (χ0) is 18.3. The van der Waals surface area contributed by atoms with Gasteiger partial charge in [0.2, 0.25) is 5.89 Å². The van der Waals surface area contributed by atoms with Crippen LogP contribution in [-0.2, 0) is 6.54 Å². The van der Waals surface area contributed by atoms with E-state index in [9.17, 15) is 4.79 Å². The monoisotopic (exact) mass is 355 g/mol. The van der Waals surface area contributed by atoms with Crippen molar-refractivity contribution in [1.82, 2.24) is 34.5 Å². The molecule has 1 saturated heterocycles. The number of amides is 1. The number of rotatable bonds is 4. The van der Waals surface area contributed by atoms with Gasteiger partial charge in [0.1, 0.15) is 5.56 Å². The van der Waals surface area contributed by atoms with E-state index in [0.29, 0.717) is 42.6 Å². The molecule has 0 aromatic carbocycles. The Morgan fingerprint density at radius 2 is 2.23 bits per heavy atom. The lowest BCUT2D eigenvalue weighted by Crippen LogP contribution is -2.36. The first-order valence-electron chi connectivity index (χ1n) is 8.61. The number of carbonyl (C=O) groups is 1. The van der Waals surface area contributed by atoms with E-state index in [0.717, 1.165) is 12.1 Å². The van der Waals surface area contributed by atoms with Crippen molar-refractivity contribution >= 4 is 11.6 Å². The molecule has 1 aliphatic heterocycles. The Morgan fingerprint density at radius 1 is 1.38 bits per heavy atom. The molecule has 0 radical (unpaired) electrons. The quantitative estimate of drug-likeness (QED) is 0.691. The van der Waals surface area contributed by atoms with Crippen molar-refractivity contribution in [3.05, 3.63) is 41.4 Å². The lowest BCUT2D eigenvalue weighted by molar-refractivity contribution is 0.0781. The van der Waals surface area contributed by atoms with E-state index in [4.69, 9.17) is 4.52 Å². The predicted molar refractivity (Wildman–Crippen MR) is 92.5 cm³/mol. The number of fused-ring (bicyclic) bond motifs is 1. The van der Waals surface area contributed by atoms with Gasteiger partial charge < -0.3 is 9.42 Å². The molecular weight excluding hydrogens is 334 g/mol. The molecule has 1 aliphatic rings. The Kier molecular flexibility index (Phi) is 4.15. The third kappa shape index (κ3) is 3.05. The fourth-order valence-electron chi connectivity index (χ4n) is 3.32. The van der Waals surface area contributed by atoms with E-state index in [2.05, 4.69) is 25.1 Å². The highest BCUT2D eigenvalue weighted by Crippen LogP contribution is 2.20. The van der Waals surface area contributed by atoms with Crippen LogP contribution in [0.1, 0.15) is 34.2 Å². The van der Waals surface area contributed by atoms with Crippen molar-refractivity contribution in [3.8, 4) is 0 Å². The standard InChI is InChI=1S/C17H21N7O2/c1-11-4-7-24-16(19-11)14(8-18-24)17(25)23-6-5-13(9-23)22(3)10-15-20-12(2)26-21-15/h4,7-8,13H,5-6,9-10H2,1-3H3. The van der Waals surface area contributed by atoms with Crippen molar-refractivity contribution in [2.75, 3.05) is 20.1 Å². The number of likely N-dealkylation sites (N-methyl/N-ethyl adjacent to an activating group) is 1. The van der Waals surface area contributed by atoms with Crippen LogP contribution in [0, 0.1) is 13.8 Å². The molecule has 1 atom stereocenters. The number of likely N-dealkylation sites (tertiary alicyclic amines) is 1. The van der Waals surface area contributed by atoms with E-state index in [1.54, 1.807) is 17.6 Å². The second-order valence-corrected chi connectivity index (χ2v) is 6.73. The largest absolute Gasteiger partial charge is 0.340 e. The Labute approximate surface area is 150 Å². The van der Waals surface area contributed by atoms with E-state index < -0.39 is 0 Å². The van der Waals surface area contributed by atoms with Gasteiger partial charge in [-0.1, -0.05) is 5.16 Å². The first-order chi connectivity index (χ1) is 12.5. The number of carbonyl (C=O) groups excluding carboxylic acids is 1. The van der Waals surface area contributed by atoms with Gasteiger partial charge in [-0.15, -0.1) is 0 Å². The molecule has 0 aliphatic carbocycles. The Morgan fingerprint density at radius 3 is 3.00 bits per heavy atom. The third-order valence-electron chi connectivity index (χ3n) is 4.77. The van der Waals surface area contributed by atoms with Gasteiger partial charge in [-0.05, 0) is 26.5 Å². The molecule has 9 nitrogen and oxygen atoms in total. The molecule has 4 rings (SSSR count). The second-order valence-electron chi connectivity index (χ2n) is 6.73. The fourth-order valence-corrected chi connectivity index (χ4v) is 3.32. The van der Waals surface area contributed by atoms with Crippen molar-refractivity contribution < 1.29 is 9.32 Å². The predicted octanol–water partition coefficient (Wildman–Crippen LogP) is 1.08. The minimum Gasteiger partial charge on any atom is -0.340 e. The van der Waals surface area contributed by atoms with Crippen molar-refractivity contribution in [2.24, 2.45) is 0 Å². The van der Waals surface area contributed by atoms with Gasteiger partial charge in [0.15, 0.2) is 11.5 Å². The highest BCUT2D eigenvalue weighted by molar-refractivity contribution is 5.99. The number of nitrogens with zero attached hydrogens (tertiary/aromatic N) is 7. The molecule has 1 unspecified atom stereocenters. The lowest BCUT2D eigenvalue weighted by Gasteiger charge is -2.23. The van der Waals surface area contributed by atoms with Crippen LogP contribution in [0.15, 0.2) is 23.0 Å². The van der Waals surface area contributed by atoms with Gasteiger partial charge in [-0.2, -0.15) is 10.1 Å². The van der Waals surface area contributed by atoms with Crippen LogP contribution in [0.2, 0.25) is 0 Å². The summed E-state index contributed by atoms with van der Waals surface area (Å²) in [6.07, 6.45) is 4.33. The van der Waals surface area contributed by atoms with Crippen LogP contribution >= 0.6 is 0 Å². The fraction of sp³-hybridized carbons (Fsp3) is 0.471. The van der Waals surface area contributed by atoms with E-state index in [1.165, 1.54) is 0 Å². The molecule has 26 heavy (non-hydrogen) atoms. The Bertz CT molecular complexity index is 948. The van der Waals surface area contributed by atoms with Crippen LogP contribution < -0.4 is 0 Å². The summed E-state index contributed by atoms with van der Waals surface area (Å²) in [5, 5.41) is 8.17. The zero-order valence-corrected chi connectivity index (χ0v) is 15.1.